The molecule has 5 nitrogen and oxygen atoms in total. The monoisotopic (exact) mass is 418 g/mol. The summed E-state index contributed by atoms with van der Waals surface area (Å²) in [7, 11) is 0. The minimum Gasteiger partial charge on any atom is -0.423 e. The second kappa shape index (κ2) is 7.11. The number of benzene rings is 2. The first-order chi connectivity index (χ1) is 14.8. The summed E-state index contributed by atoms with van der Waals surface area (Å²) in [6.45, 7) is 4.00. The quantitative estimate of drug-likeness (QED) is 0.415. The van der Waals surface area contributed by atoms with Crippen LogP contribution in [0.2, 0.25) is 0 Å². The first kappa shape index (κ1) is 20.1. The number of aryl methyl sites for hydroxylation is 1. The molecule has 5 heteroatoms. The summed E-state index contributed by atoms with van der Waals surface area (Å²) in [6.07, 6.45) is 5.92. The van der Waals surface area contributed by atoms with Crippen LogP contribution in [0.15, 0.2) is 30.3 Å². The molecule has 3 aliphatic rings. The van der Waals surface area contributed by atoms with Gasteiger partial charge in [-0.25, -0.2) is 4.79 Å². The summed E-state index contributed by atoms with van der Waals surface area (Å²) < 4.78 is 5.70. The number of Topliss-reactive ketones (excluding diaryl/α,β-unsaturated/α-hetero) is 1. The number of fused-ring (bicyclic) bond motifs is 5. The molecule has 3 unspecified atom stereocenters. The summed E-state index contributed by atoms with van der Waals surface area (Å²) >= 11 is 0. The Morgan fingerprint density at radius 2 is 1.90 bits per heavy atom. The zero-order valence-electron chi connectivity index (χ0n) is 18.2. The van der Waals surface area contributed by atoms with E-state index in [0.29, 0.717) is 51.8 Å². The van der Waals surface area contributed by atoms with Gasteiger partial charge in [0.25, 0.3) is 0 Å². The predicted octanol–water partition coefficient (Wildman–Crippen LogP) is 4.80. The van der Waals surface area contributed by atoms with Gasteiger partial charge in [0, 0.05) is 23.2 Å². The van der Waals surface area contributed by atoms with E-state index >= 15 is 0 Å². The number of ether oxygens (including phenoxy) is 1. The highest BCUT2D eigenvalue weighted by Crippen LogP contribution is 2.59. The molecule has 0 aromatic heterocycles. The van der Waals surface area contributed by atoms with Crippen LogP contribution in [0.4, 0.5) is 11.4 Å². The van der Waals surface area contributed by atoms with Crippen molar-refractivity contribution in [3.63, 3.8) is 0 Å². The van der Waals surface area contributed by atoms with Gasteiger partial charge in [0.1, 0.15) is 11.5 Å². The van der Waals surface area contributed by atoms with Gasteiger partial charge in [0.2, 0.25) is 0 Å². The van der Waals surface area contributed by atoms with Crippen molar-refractivity contribution < 1.29 is 14.3 Å². The van der Waals surface area contributed by atoms with Gasteiger partial charge >= 0.3 is 5.97 Å². The number of nitrogen functional groups attached to an aromatic ring is 2. The van der Waals surface area contributed by atoms with Crippen LogP contribution in [-0.4, -0.2) is 11.8 Å². The Morgan fingerprint density at radius 1 is 1.10 bits per heavy atom. The van der Waals surface area contributed by atoms with Crippen LogP contribution in [-0.2, 0) is 11.2 Å². The number of anilines is 2. The normalized spacial score (nSPS) is 29.1. The maximum atomic E-state index is 12.8. The second-order valence-electron chi connectivity index (χ2n) is 9.87. The standard InChI is InChI=1S/C26H30N2O3/c1-14-21(12-16(27)13-23(14)28)25(30)31-17-4-6-18-15(11-17)3-5-20-19(18)9-10-26(2)22(20)7-8-24(26)29/h4,6,11-13,19-20,22H,3,5,7-10,27-28H2,1-2H3/t19?,20?,22?,26-/m0/s1. The second-order valence-corrected chi connectivity index (χ2v) is 9.87. The van der Waals surface area contributed by atoms with Crippen molar-refractivity contribution in [1.82, 2.24) is 0 Å². The fourth-order valence-corrected chi connectivity index (χ4v) is 6.53. The Balaban J connectivity index is 1.38. The van der Waals surface area contributed by atoms with Crippen molar-refractivity contribution >= 4 is 23.1 Å². The minimum atomic E-state index is -0.442. The molecule has 0 heterocycles. The molecule has 0 saturated heterocycles. The van der Waals surface area contributed by atoms with Gasteiger partial charge < -0.3 is 16.2 Å². The number of hydrogen-bond donors (Lipinski definition) is 2. The van der Waals surface area contributed by atoms with Crippen LogP contribution >= 0.6 is 0 Å². The molecule has 2 aromatic carbocycles. The van der Waals surface area contributed by atoms with Gasteiger partial charge in [-0.2, -0.15) is 0 Å². The number of carbonyl (C=O) groups is 2. The highest BCUT2D eigenvalue weighted by atomic mass is 16.5. The van der Waals surface area contributed by atoms with Crippen LogP contribution in [0.1, 0.15) is 72.0 Å². The zero-order valence-corrected chi connectivity index (χ0v) is 18.2. The largest absolute Gasteiger partial charge is 0.423 e. The van der Waals surface area contributed by atoms with Gasteiger partial charge in [-0.15, -0.1) is 0 Å². The third-order valence-corrected chi connectivity index (χ3v) is 8.31. The molecule has 0 bridgehead atoms. The maximum Gasteiger partial charge on any atom is 0.343 e. The molecule has 2 saturated carbocycles. The smallest absolute Gasteiger partial charge is 0.343 e. The molecule has 2 fully saturated rings. The average Bonchev–Trinajstić information content (AvgIpc) is 3.05. The van der Waals surface area contributed by atoms with Crippen molar-refractivity contribution in [3.8, 4) is 5.75 Å². The van der Waals surface area contributed by atoms with Crippen LogP contribution in [0.5, 0.6) is 5.75 Å². The van der Waals surface area contributed by atoms with Crippen molar-refractivity contribution in [2.45, 2.75) is 58.3 Å². The topological polar surface area (TPSA) is 95.4 Å². The highest BCUT2D eigenvalue weighted by molar-refractivity contribution is 5.95. The molecule has 0 radical (unpaired) electrons. The van der Waals surface area contributed by atoms with Gasteiger partial charge in [-0.3, -0.25) is 4.79 Å². The number of carbonyl (C=O) groups excluding carboxylic acids is 2. The number of esters is 1. The van der Waals surface area contributed by atoms with E-state index in [1.165, 1.54) is 11.1 Å². The molecule has 4 N–H and O–H groups in total. The number of nitrogens with two attached hydrogens (primary N) is 2. The summed E-state index contributed by atoms with van der Waals surface area (Å²) in [5, 5.41) is 0. The molecule has 0 amide bonds. The minimum absolute atomic E-state index is 0.106. The van der Waals surface area contributed by atoms with Crippen LogP contribution in [0, 0.1) is 24.2 Å². The van der Waals surface area contributed by atoms with E-state index in [9.17, 15) is 9.59 Å². The van der Waals surface area contributed by atoms with E-state index in [1.807, 2.05) is 12.1 Å². The van der Waals surface area contributed by atoms with E-state index in [-0.39, 0.29) is 5.41 Å². The Kier molecular flexibility index (Phi) is 4.61. The van der Waals surface area contributed by atoms with Crippen molar-refractivity contribution in [2.75, 3.05) is 11.5 Å². The number of rotatable bonds is 2. The molecular formula is C26H30N2O3. The zero-order chi connectivity index (χ0) is 21.9. The fraction of sp³-hybridized carbons (Fsp3) is 0.462. The summed E-state index contributed by atoms with van der Waals surface area (Å²) in [5.41, 5.74) is 16.4. The Bertz CT molecular complexity index is 1090. The molecular weight excluding hydrogens is 388 g/mol. The van der Waals surface area contributed by atoms with E-state index in [1.54, 1.807) is 19.1 Å². The predicted molar refractivity (Wildman–Crippen MR) is 121 cm³/mol. The lowest BCUT2D eigenvalue weighted by atomic mass is 9.55. The average molecular weight is 419 g/mol. The number of hydrogen-bond acceptors (Lipinski definition) is 5. The number of ketones is 1. The molecule has 0 aliphatic heterocycles. The first-order valence-electron chi connectivity index (χ1n) is 11.3. The van der Waals surface area contributed by atoms with E-state index in [2.05, 4.69) is 13.0 Å². The molecule has 2 aromatic rings. The Morgan fingerprint density at radius 3 is 2.71 bits per heavy atom. The first-order valence-corrected chi connectivity index (χ1v) is 11.3. The highest BCUT2D eigenvalue weighted by Gasteiger charge is 2.54. The van der Waals surface area contributed by atoms with E-state index < -0.39 is 5.97 Å². The molecule has 4 atom stereocenters. The Hall–Kier alpha value is -2.82. The van der Waals surface area contributed by atoms with Crippen molar-refractivity contribution in [2.24, 2.45) is 17.3 Å². The van der Waals surface area contributed by atoms with Crippen molar-refractivity contribution in [1.29, 1.82) is 0 Å². The lowest BCUT2D eigenvalue weighted by Gasteiger charge is -2.48. The summed E-state index contributed by atoms with van der Waals surface area (Å²) in [6, 6.07) is 9.31. The Labute approximate surface area is 183 Å². The maximum absolute atomic E-state index is 12.8. The molecule has 5 rings (SSSR count). The lowest BCUT2D eigenvalue weighted by Crippen LogP contribution is -2.42. The van der Waals surface area contributed by atoms with E-state index in [4.69, 9.17) is 16.2 Å². The van der Waals surface area contributed by atoms with Crippen LogP contribution in [0.25, 0.3) is 0 Å². The fourth-order valence-electron chi connectivity index (χ4n) is 6.53. The molecule has 3 aliphatic carbocycles. The summed E-state index contributed by atoms with van der Waals surface area (Å²) in [4.78, 5) is 25.3. The van der Waals surface area contributed by atoms with Crippen molar-refractivity contribution in [3.05, 3.63) is 52.6 Å². The van der Waals surface area contributed by atoms with Crippen LogP contribution < -0.4 is 16.2 Å². The molecule has 162 valence electrons. The van der Waals surface area contributed by atoms with Gasteiger partial charge in [0.05, 0.1) is 5.56 Å². The van der Waals surface area contributed by atoms with Gasteiger partial charge in [-0.1, -0.05) is 13.0 Å². The van der Waals surface area contributed by atoms with Crippen LogP contribution in [0.3, 0.4) is 0 Å². The SMILES string of the molecule is Cc1c(N)cc(N)cc1C(=O)Oc1ccc2c(c1)CCC1C2CC[C@]2(C)C(=O)CCC12. The van der Waals surface area contributed by atoms with E-state index in [0.717, 1.165) is 38.5 Å². The van der Waals surface area contributed by atoms with Gasteiger partial charge in [-0.05, 0) is 97.7 Å². The lowest BCUT2D eigenvalue weighted by molar-refractivity contribution is -0.129. The third kappa shape index (κ3) is 3.13. The third-order valence-electron chi connectivity index (χ3n) is 8.31. The summed E-state index contributed by atoms with van der Waals surface area (Å²) in [5.74, 6) is 2.20. The molecule has 31 heavy (non-hydrogen) atoms. The van der Waals surface area contributed by atoms with Gasteiger partial charge in [0.15, 0.2) is 0 Å². The molecule has 0 spiro atoms.